The number of nitrogens with zero attached hydrogens (tertiary/aromatic N) is 1. The van der Waals surface area contributed by atoms with Gasteiger partial charge in [0.1, 0.15) is 18.2 Å². The molecule has 4 rings (SSSR count). The number of ether oxygens (including phenoxy) is 2. The van der Waals surface area contributed by atoms with Gasteiger partial charge in [0.15, 0.2) is 5.78 Å². The highest BCUT2D eigenvalue weighted by atomic mass is 16.6. The maximum Gasteiger partial charge on any atom is 0.329 e. The van der Waals surface area contributed by atoms with E-state index in [1.165, 1.54) is 11.0 Å². The molecule has 0 spiro atoms. The van der Waals surface area contributed by atoms with Crippen LogP contribution >= 0.6 is 0 Å². The van der Waals surface area contributed by atoms with Crippen LogP contribution < -0.4 is 0 Å². The van der Waals surface area contributed by atoms with E-state index in [9.17, 15) is 39.6 Å². The highest BCUT2D eigenvalue weighted by Gasteiger charge is 2.53. The third kappa shape index (κ3) is 9.01. The average molecular weight is 676 g/mol. The number of amides is 1. The van der Waals surface area contributed by atoms with Crippen molar-refractivity contribution in [3.05, 3.63) is 24.3 Å². The van der Waals surface area contributed by atoms with Gasteiger partial charge in [0.2, 0.25) is 5.79 Å². The number of aliphatic hydroxyl groups excluding tert-OH is 3. The van der Waals surface area contributed by atoms with Crippen molar-refractivity contribution in [1.29, 1.82) is 0 Å². The second kappa shape index (κ2) is 17.0. The predicted octanol–water partition coefficient (Wildman–Crippen LogP) is 3.40. The van der Waals surface area contributed by atoms with Crippen LogP contribution in [0.5, 0.6) is 0 Å². The van der Waals surface area contributed by atoms with Gasteiger partial charge in [-0.05, 0) is 101 Å². The van der Waals surface area contributed by atoms with E-state index in [0.29, 0.717) is 70.6 Å². The summed E-state index contributed by atoms with van der Waals surface area (Å²) >= 11 is 0. The molecule has 11 heteroatoms. The summed E-state index contributed by atoms with van der Waals surface area (Å²) in [5.74, 6) is -7.02. The highest BCUT2D eigenvalue weighted by molar-refractivity contribution is 6.39. The summed E-state index contributed by atoms with van der Waals surface area (Å²) in [6.45, 7) is 7.51. The standard InChI is InChI=1S/C37H57NO10/c1-22-11-7-5-6-8-13-28(39)25(4)31-19-15-24(3)37(46,48-31)34(43)35(44)38-20-10-9-12-27(38)36(45)47-30(18-14-22)23(2)21-26-16-17-29(40)33(42)32(26)41/h7-8,11,13,22-27,29-33,40-42,46H,5-6,9-10,12,14-21H2,1-4H3/t22-,23-,24-,25+,26+,27+,29-,30+,31+,32+,33+,37-/m1/s1. The fraction of sp³-hybridized carbons (Fsp3) is 0.784. The first kappa shape index (κ1) is 38.4. The van der Waals surface area contributed by atoms with E-state index >= 15 is 0 Å². The first-order valence-corrected chi connectivity index (χ1v) is 18.1. The zero-order valence-corrected chi connectivity index (χ0v) is 29.0. The van der Waals surface area contributed by atoms with Crippen molar-refractivity contribution in [3.63, 3.8) is 0 Å². The molecular formula is C37H57NO10. The maximum atomic E-state index is 13.9. The Morgan fingerprint density at radius 1 is 0.896 bits per heavy atom. The van der Waals surface area contributed by atoms with Crippen LogP contribution in [0.3, 0.4) is 0 Å². The number of carbonyl (C=O) groups is 4. The summed E-state index contributed by atoms with van der Waals surface area (Å²) < 4.78 is 12.1. The smallest absolute Gasteiger partial charge is 0.329 e. The zero-order valence-electron chi connectivity index (χ0n) is 29.0. The number of fused-ring (bicyclic) bond motifs is 3. The van der Waals surface area contributed by atoms with E-state index in [2.05, 4.69) is 19.1 Å². The molecule has 270 valence electrons. The minimum absolute atomic E-state index is 0.147. The number of aliphatic hydroxyl groups is 4. The lowest BCUT2D eigenvalue weighted by molar-refractivity contribution is -0.268. The molecule has 2 saturated heterocycles. The summed E-state index contributed by atoms with van der Waals surface area (Å²) in [7, 11) is 0. The van der Waals surface area contributed by atoms with E-state index < -0.39 is 71.8 Å². The Kier molecular flexibility index (Phi) is 13.6. The molecule has 0 unspecified atom stereocenters. The van der Waals surface area contributed by atoms with Crippen LogP contribution in [0, 0.1) is 29.6 Å². The Bertz CT molecular complexity index is 1200. The van der Waals surface area contributed by atoms with Gasteiger partial charge in [0.25, 0.3) is 11.7 Å². The number of Topliss-reactive ketones (excluding diaryl/α,β-unsaturated/α-hetero) is 1. The molecule has 3 fully saturated rings. The van der Waals surface area contributed by atoms with Gasteiger partial charge in [-0.15, -0.1) is 0 Å². The summed E-state index contributed by atoms with van der Waals surface area (Å²) in [6, 6.07) is -1.02. The molecule has 1 aliphatic carbocycles. The van der Waals surface area contributed by atoms with E-state index in [-0.39, 0.29) is 30.1 Å². The lowest BCUT2D eigenvalue weighted by atomic mass is 9.76. The first-order chi connectivity index (χ1) is 22.7. The van der Waals surface area contributed by atoms with Crippen molar-refractivity contribution in [2.75, 3.05) is 6.54 Å². The van der Waals surface area contributed by atoms with E-state index in [0.717, 1.165) is 6.42 Å². The van der Waals surface area contributed by atoms with Gasteiger partial charge < -0.3 is 34.8 Å². The van der Waals surface area contributed by atoms with Crippen molar-refractivity contribution in [2.24, 2.45) is 29.6 Å². The maximum absolute atomic E-state index is 13.9. The van der Waals surface area contributed by atoms with Crippen LogP contribution in [-0.2, 0) is 28.7 Å². The Labute approximate surface area is 284 Å². The zero-order chi connectivity index (χ0) is 35.2. The molecule has 3 aliphatic heterocycles. The summed E-state index contributed by atoms with van der Waals surface area (Å²) in [4.78, 5) is 55.7. The molecule has 1 saturated carbocycles. The van der Waals surface area contributed by atoms with Gasteiger partial charge in [-0.2, -0.15) is 0 Å². The molecule has 11 nitrogen and oxygen atoms in total. The molecule has 3 heterocycles. The quantitative estimate of drug-likeness (QED) is 0.198. The van der Waals surface area contributed by atoms with Gasteiger partial charge in [-0.25, -0.2) is 4.79 Å². The molecule has 0 radical (unpaired) electrons. The average Bonchev–Trinajstić information content (AvgIpc) is 3.07. The number of carbonyl (C=O) groups excluding carboxylic acids is 4. The molecular weight excluding hydrogens is 618 g/mol. The Morgan fingerprint density at radius 2 is 1.62 bits per heavy atom. The molecule has 4 N–H and O–H groups in total. The monoisotopic (exact) mass is 675 g/mol. The van der Waals surface area contributed by atoms with Gasteiger partial charge in [-0.1, -0.05) is 45.9 Å². The van der Waals surface area contributed by atoms with Gasteiger partial charge in [0, 0.05) is 18.4 Å². The van der Waals surface area contributed by atoms with E-state index in [1.54, 1.807) is 13.8 Å². The number of hydrogen-bond donors (Lipinski definition) is 4. The van der Waals surface area contributed by atoms with Crippen LogP contribution in [-0.4, -0.2) is 97.7 Å². The Balaban J connectivity index is 1.60. The van der Waals surface area contributed by atoms with Crippen LogP contribution in [0.15, 0.2) is 24.3 Å². The van der Waals surface area contributed by atoms with Crippen LogP contribution in [0.4, 0.5) is 0 Å². The van der Waals surface area contributed by atoms with Gasteiger partial charge >= 0.3 is 5.97 Å². The van der Waals surface area contributed by atoms with Crippen molar-refractivity contribution in [1.82, 2.24) is 4.90 Å². The number of rotatable bonds is 3. The molecule has 0 aromatic rings. The van der Waals surface area contributed by atoms with Crippen molar-refractivity contribution in [3.8, 4) is 0 Å². The van der Waals surface area contributed by atoms with E-state index in [1.807, 2.05) is 13.0 Å². The van der Waals surface area contributed by atoms with Crippen molar-refractivity contribution >= 4 is 23.4 Å². The number of allylic oxidation sites excluding steroid dienone is 4. The van der Waals surface area contributed by atoms with Crippen molar-refractivity contribution < 1.29 is 49.1 Å². The van der Waals surface area contributed by atoms with Crippen LogP contribution in [0.1, 0.15) is 105 Å². The summed E-state index contributed by atoms with van der Waals surface area (Å²) in [5.41, 5.74) is 0. The number of ketones is 2. The normalized spacial score (nSPS) is 40.5. The Hall–Kier alpha value is -2.44. The SMILES string of the molecule is C[C@@H]1C=CCCC=CC(=O)[C@H](C)[C@@H]2CC[C@@H](C)[C@@](O)(O2)C(=O)C(=O)N2CCCC[C@H]2C(=O)O[C@H]([C@H](C)C[C@@H]2CC[C@@H](O)[C@H](O)[C@H]2O)CC1. The highest BCUT2D eigenvalue weighted by Crippen LogP contribution is 2.38. The summed E-state index contributed by atoms with van der Waals surface area (Å²) in [6.07, 6.45) is 9.22. The second-order valence-electron chi connectivity index (χ2n) is 14.9. The molecule has 4 aliphatic rings. The van der Waals surface area contributed by atoms with Crippen molar-refractivity contribution in [2.45, 2.75) is 147 Å². The van der Waals surface area contributed by atoms with Crippen LogP contribution in [0.25, 0.3) is 0 Å². The number of piperidine rings is 1. The number of cyclic esters (lactones) is 1. The predicted molar refractivity (Wildman–Crippen MR) is 177 cm³/mol. The number of hydrogen-bond acceptors (Lipinski definition) is 10. The molecule has 12 atom stereocenters. The topological polar surface area (TPSA) is 171 Å². The Morgan fingerprint density at radius 3 is 2.38 bits per heavy atom. The molecule has 0 aromatic heterocycles. The minimum Gasteiger partial charge on any atom is -0.461 e. The third-order valence-corrected chi connectivity index (χ3v) is 11.2. The third-order valence-electron chi connectivity index (χ3n) is 11.2. The molecule has 2 bridgehead atoms. The fourth-order valence-electron chi connectivity index (χ4n) is 7.73. The first-order valence-electron chi connectivity index (χ1n) is 18.1. The lowest BCUT2D eigenvalue weighted by Gasteiger charge is -2.43. The van der Waals surface area contributed by atoms with E-state index in [4.69, 9.17) is 9.47 Å². The minimum atomic E-state index is -2.43. The molecule has 0 aromatic carbocycles. The fourth-order valence-corrected chi connectivity index (χ4v) is 7.73. The van der Waals surface area contributed by atoms with Crippen LogP contribution in [0.2, 0.25) is 0 Å². The molecule has 48 heavy (non-hydrogen) atoms. The van der Waals surface area contributed by atoms with Gasteiger partial charge in [-0.3, -0.25) is 14.4 Å². The lowest BCUT2D eigenvalue weighted by Crippen LogP contribution is -2.61. The largest absolute Gasteiger partial charge is 0.461 e. The second-order valence-corrected chi connectivity index (χ2v) is 14.9. The number of esters is 1. The summed E-state index contributed by atoms with van der Waals surface area (Å²) in [5, 5.41) is 42.6. The van der Waals surface area contributed by atoms with Gasteiger partial charge in [0.05, 0.1) is 18.3 Å². The molecule has 1 amide bonds.